The lowest BCUT2D eigenvalue weighted by Gasteiger charge is -2.39. The maximum Gasteiger partial charge on any atom is 0.00930 e. The van der Waals surface area contributed by atoms with Crippen molar-refractivity contribution in [3.8, 4) is 0 Å². The number of unbranched alkanes of at least 4 members (excludes halogenated alkanes) is 1. The molecule has 1 aliphatic carbocycles. The van der Waals surface area contributed by atoms with Crippen LogP contribution in [0.4, 0.5) is 0 Å². The second kappa shape index (κ2) is 6.75. The molecule has 0 spiro atoms. The van der Waals surface area contributed by atoms with Crippen LogP contribution in [0.15, 0.2) is 0 Å². The van der Waals surface area contributed by atoms with Gasteiger partial charge in [-0.3, -0.25) is 0 Å². The van der Waals surface area contributed by atoms with Crippen LogP contribution >= 0.6 is 0 Å². The molecule has 1 saturated carbocycles. The molecule has 0 bridgehead atoms. The fourth-order valence-corrected chi connectivity index (χ4v) is 3.09. The minimum atomic E-state index is 0.572. The van der Waals surface area contributed by atoms with Gasteiger partial charge in [-0.25, -0.2) is 0 Å². The summed E-state index contributed by atoms with van der Waals surface area (Å²) in [6.45, 7) is 9.66. The molecule has 0 aromatic heterocycles. The second-order valence-corrected chi connectivity index (χ2v) is 6.96. The second-order valence-electron chi connectivity index (χ2n) is 6.96. The molecule has 2 atom stereocenters. The zero-order valence-electron chi connectivity index (χ0n) is 12.6. The average molecular weight is 240 g/mol. The Hall–Kier alpha value is -0.0800. The van der Waals surface area contributed by atoms with E-state index in [4.69, 9.17) is 0 Å². The normalized spacial score (nSPS) is 28.6. The number of nitrogens with zero attached hydrogens (tertiary/aromatic N) is 1. The van der Waals surface area contributed by atoms with Crippen molar-refractivity contribution in [2.24, 2.45) is 11.3 Å². The lowest BCUT2D eigenvalue weighted by Crippen LogP contribution is -2.42. The van der Waals surface area contributed by atoms with E-state index in [0.717, 1.165) is 12.0 Å². The van der Waals surface area contributed by atoms with Crippen LogP contribution in [0.3, 0.4) is 0 Å². The predicted molar refractivity (Wildman–Crippen MR) is 76.4 cm³/mol. The lowest BCUT2D eigenvalue weighted by molar-refractivity contribution is 0.149. The average Bonchev–Trinajstić information content (AvgIpc) is 2.19. The highest BCUT2D eigenvalue weighted by Gasteiger charge is 2.31. The Labute approximate surface area is 108 Å². The van der Waals surface area contributed by atoms with Crippen molar-refractivity contribution in [3.63, 3.8) is 0 Å². The Balaban J connectivity index is 2.12. The molecule has 2 unspecified atom stereocenters. The predicted octanol–water partition coefficient (Wildman–Crippen LogP) is 3.13. The van der Waals surface area contributed by atoms with Crippen LogP contribution in [0, 0.1) is 11.3 Å². The summed E-state index contributed by atoms with van der Waals surface area (Å²) < 4.78 is 0. The van der Waals surface area contributed by atoms with Gasteiger partial charge in [0.1, 0.15) is 0 Å². The summed E-state index contributed by atoms with van der Waals surface area (Å²) in [5.74, 6) is 0.840. The highest BCUT2D eigenvalue weighted by atomic mass is 15.0. The van der Waals surface area contributed by atoms with Crippen molar-refractivity contribution in [2.45, 2.75) is 58.9 Å². The quantitative estimate of drug-likeness (QED) is 0.718. The van der Waals surface area contributed by atoms with E-state index in [2.05, 4.69) is 45.1 Å². The van der Waals surface area contributed by atoms with Crippen molar-refractivity contribution >= 4 is 0 Å². The molecule has 2 nitrogen and oxygen atoms in total. The van der Waals surface area contributed by atoms with E-state index in [0.29, 0.717) is 5.41 Å². The summed E-state index contributed by atoms with van der Waals surface area (Å²) in [6, 6.07) is 0.766. The molecule has 17 heavy (non-hydrogen) atoms. The molecular formula is C15H32N2. The first-order valence-electron chi connectivity index (χ1n) is 7.29. The number of hydrogen-bond acceptors (Lipinski definition) is 2. The Morgan fingerprint density at radius 2 is 1.94 bits per heavy atom. The van der Waals surface area contributed by atoms with E-state index in [1.807, 2.05) is 0 Å². The van der Waals surface area contributed by atoms with Gasteiger partial charge >= 0.3 is 0 Å². The van der Waals surface area contributed by atoms with Gasteiger partial charge in [-0.1, -0.05) is 20.8 Å². The molecule has 2 heteroatoms. The molecule has 1 fully saturated rings. The molecule has 1 aliphatic rings. The minimum Gasteiger partial charge on any atom is -0.314 e. The van der Waals surface area contributed by atoms with E-state index in [1.165, 1.54) is 45.2 Å². The van der Waals surface area contributed by atoms with Crippen molar-refractivity contribution in [1.29, 1.82) is 0 Å². The molecule has 0 amide bonds. The monoisotopic (exact) mass is 240 g/mol. The van der Waals surface area contributed by atoms with Gasteiger partial charge in [-0.2, -0.15) is 0 Å². The van der Waals surface area contributed by atoms with Crippen molar-refractivity contribution in [1.82, 2.24) is 10.2 Å². The zero-order valence-corrected chi connectivity index (χ0v) is 12.6. The van der Waals surface area contributed by atoms with E-state index in [1.54, 1.807) is 0 Å². The van der Waals surface area contributed by atoms with Gasteiger partial charge in [0.2, 0.25) is 0 Å². The summed E-state index contributed by atoms with van der Waals surface area (Å²) in [5, 5.41) is 3.76. The molecule has 0 aromatic rings. The van der Waals surface area contributed by atoms with Crippen LogP contribution < -0.4 is 5.32 Å². The van der Waals surface area contributed by atoms with Gasteiger partial charge in [0.15, 0.2) is 0 Å². The summed E-state index contributed by atoms with van der Waals surface area (Å²) in [5.41, 5.74) is 0.572. The van der Waals surface area contributed by atoms with Gasteiger partial charge in [0, 0.05) is 6.04 Å². The number of hydrogen-bond donors (Lipinski definition) is 1. The SMILES string of the molecule is CC1CC(C)(C)CCC1NCCCCN(C)C. The van der Waals surface area contributed by atoms with E-state index in [-0.39, 0.29) is 0 Å². The first kappa shape index (κ1) is 15.0. The van der Waals surface area contributed by atoms with E-state index < -0.39 is 0 Å². The fourth-order valence-electron chi connectivity index (χ4n) is 3.09. The summed E-state index contributed by atoms with van der Waals surface area (Å²) >= 11 is 0. The third kappa shape index (κ3) is 5.87. The Kier molecular flexibility index (Phi) is 5.94. The van der Waals surface area contributed by atoms with Crippen molar-refractivity contribution in [2.75, 3.05) is 27.2 Å². The number of rotatable bonds is 6. The minimum absolute atomic E-state index is 0.572. The summed E-state index contributed by atoms with van der Waals surface area (Å²) in [6.07, 6.45) is 6.74. The van der Waals surface area contributed by atoms with Gasteiger partial charge in [0.25, 0.3) is 0 Å². The van der Waals surface area contributed by atoms with Gasteiger partial charge in [0.05, 0.1) is 0 Å². The molecule has 1 rings (SSSR count). The van der Waals surface area contributed by atoms with Crippen LogP contribution in [0.2, 0.25) is 0 Å². The highest BCUT2D eigenvalue weighted by molar-refractivity contribution is 4.86. The molecule has 102 valence electrons. The van der Waals surface area contributed by atoms with Crippen molar-refractivity contribution < 1.29 is 0 Å². The molecular weight excluding hydrogens is 208 g/mol. The van der Waals surface area contributed by atoms with Crippen LogP contribution in [-0.2, 0) is 0 Å². The van der Waals surface area contributed by atoms with Gasteiger partial charge in [-0.05, 0) is 70.6 Å². The molecule has 1 N–H and O–H groups in total. The maximum absolute atomic E-state index is 3.76. The summed E-state index contributed by atoms with van der Waals surface area (Å²) in [4.78, 5) is 2.27. The van der Waals surface area contributed by atoms with Crippen LogP contribution in [-0.4, -0.2) is 38.1 Å². The molecule has 0 heterocycles. The first-order chi connectivity index (χ1) is 7.91. The molecule has 0 radical (unpaired) electrons. The summed E-state index contributed by atoms with van der Waals surface area (Å²) in [7, 11) is 4.30. The van der Waals surface area contributed by atoms with Gasteiger partial charge in [-0.15, -0.1) is 0 Å². The fraction of sp³-hybridized carbons (Fsp3) is 1.00. The third-order valence-electron chi connectivity index (χ3n) is 4.13. The molecule has 0 aromatic carbocycles. The Bertz CT molecular complexity index is 211. The largest absolute Gasteiger partial charge is 0.314 e. The Morgan fingerprint density at radius 1 is 1.24 bits per heavy atom. The smallest absolute Gasteiger partial charge is 0.00930 e. The molecule has 0 saturated heterocycles. The van der Waals surface area contributed by atoms with Crippen molar-refractivity contribution in [3.05, 3.63) is 0 Å². The van der Waals surface area contributed by atoms with Crippen LogP contribution in [0.25, 0.3) is 0 Å². The third-order valence-corrected chi connectivity index (χ3v) is 4.13. The van der Waals surface area contributed by atoms with Gasteiger partial charge < -0.3 is 10.2 Å². The lowest BCUT2D eigenvalue weighted by atomic mass is 9.70. The highest BCUT2D eigenvalue weighted by Crippen LogP contribution is 2.38. The van der Waals surface area contributed by atoms with Crippen LogP contribution in [0.5, 0.6) is 0 Å². The molecule has 0 aliphatic heterocycles. The zero-order chi connectivity index (χ0) is 12.9. The van der Waals surface area contributed by atoms with Crippen LogP contribution in [0.1, 0.15) is 52.9 Å². The standard InChI is InChI=1S/C15H32N2/c1-13-12-15(2,3)9-8-14(13)16-10-6-7-11-17(4)5/h13-14,16H,6-12H2,1-5H3. The van der Waals surface area contributed by atoms with E-state index >= 15 is 0 Å². The maximum atomic E-state index is 3.76. The number of nitrogens with one attached hydrogen (secondary N) is 1. The Morgan fingerprint density at radius 3 is 2.53 bits per heavy atom. The first-order valence-corrected chi connectivity index (χ1v) is 7.29. The van der Waals surface area contributed by atoms with E-state index in [9.17, 15) is 0 Å². The topological polar surface area (TPSA) is 15.3 Å².